The number of amides is 2. The zero-order chi connectivity index (χ0) is 24.7. The zero-order valence-electron chi connectivity index (χ0n) is 18.8. The number of halogens is 1. The van der Waals surface area contributed by atoms with E-state index in [2.05, 4.69) is 20.5 Å². The summed E-state index contributed by atoms with van der Waals surface area (Å²) in [4.78, 5) is 29.4. The van der Waals surface area contributed by atoms with E-state index in [-0.39, 0.29) is 16.6 Å². The molecule has 11 nitrogen and oxygen atoms in total. The van der Waals surface area contributed by atoms with Crippen molar-refractivity contribution in [2.75, 3.05) is 31.7 Å². The average Bonchev–Trinajstić information content (AvgIpc) is 3.36. The number of carbonyl (C=O) groups is 2. The van der Waals surface area contributed by atoms with Crippen molar-refractivity contribution < 1.29 is 23.8 Å². The number of carbonyl (C=O) groups excluding carboxylic acids is 2. The van der Waals surface area contributed by atoms with Crippen LogP contribution in [0.3, 0.4) is 0 Å². The SMILES string of the molecule is COc1cc(C2C(Cl)C(=O)N2n2c(-c3sc(NC(C)=O)nc3C)n[nH]c2=S)cc(OC)c1OC. The van der Waals surface area contributed by atoms with Gasteiger partial charge in [-0.25, -0.2) is 19.8 Å². The van der Waals surface area contributed by atoms with Crippen LogP contribution in [0.2, 0.25) is 0 Å². The molecule has 14 heteroatoms. The molecule has 180 valence electrons. The van der Waals surface area contributed by atoms with E-state index in [0.29, 0.717) is 44.3 Å². The Balaban J connectivity index is 1.82. The number of hydrogen-bond acceptors (Lipinski definition) is 9. The number of nitrogens with zero attached hydrogens (tertiary/aromatic N) is 4. The maximum atomic E-state index is 13.0. The van der Waals surface area contributed by atoms with Crippen LogP contribution in [-0.2, 0) is 9.59 Å². The quantitative estimate of drug-likeness (QED) is 0.274. The van der Waals surface area contributed by atoms with Crippen LogP contribution in [0, 0.1) is 11.7 Å². The molecule has 0 spiro atoms. The summed E-state index contributed by atoms with van der Waals surface area (Å²) >= 11 is 13.2. The first kappa shape index (κ1) is 24.0. The Morgan fingerprint density at radius 1 is 1.24 bits per heavy atom. The molecule has 0 saturated carbocycles. The number of H-pyrrole nitrogens is 1. The highest BCUT2D eigenvalue weighted by Gasteiger charge is 2.50. The fourth-order valence-electron chi connectivity index (χ4n) is 3.69. The standard InChI is InChI=1S/C20H21ClN6O5S2/c1-8-16(34-19(22-8)23-9(2)28)17-24-25-20(33)27(17)26-14(13(21)18(26)29)10-6-11(30-3)15(32-5)12(7-10)31-4/h6-7,13-14H,1-5H3,(H,25,33)(H,22,23,28). The largest absolute Gasteiger partial charge is 0.493 e. The van der Waals surface area contributed by atoms with Crippen LogP contribution in [0.5, 0.6) is 17.2 Å². The summed E-state index contributed by atoms with van der Waals surface area (Å²) < 4.78 is 18.0. The Morgan fingerprint density at radius 2 is 1.88 bits per heavy atom. The number of ether oxygens (including phenoxy) is 3. The average molecular weight is 525 g/mol. The van der Waals surface area contributed by atoms with Crippen molar-refractivity contribution in [3.8, 4) is 28.0 Å². The molecule has 0 radical (unpaired) electrons. The molecule has 0 aliphatic carbocycles. The maximum Gasteiger partial charge on any atom is 0.262 e. The minimum Gasteiger partial charge on any atom is -0.493 e. The lowest BCUT2D eigenvalue weighted by Crippen LogP contribution is -2.62. The Hall–Kier alpha value is -3.16. The predicted octanol–water partition coefficient (Wildman–Crippen LogP) is 3.18. The van der Waals surface area contributed by atoms with E-state index in [1.165, 1.54) is 49.3 Å². The van der Waals surface area contributed by atoms with Gasteiger partial charge in [-0.2, -0.15) is 5.10 Å². The number of alkyl halides is 1. The predicted molar refractivity (Wildman–Crippen MR) is 129 cm³/mol. The number of β-lactam (4-membered cyclic amide) rings is 1. The molecule has 2 atom stereocenters. The fourth-order valence-corrected chi connectivity index (χ4v) is 5.25. The summed E-state index contributed by atoms with van der Waals surface area (Å²) in [6, 6.07) is 2.86. The smallest absolute Gasteiger partial charge is 0.262 e. The van der Waals surface area contributed by atoms with E-state index in [9.17, 15) is 9.59 Å². The second-order valence-electron chi connectivity index (χ2n) is 7.27. The molecule has 1 aromatic carbocycles. The van der Waals surface area contributed by atoms with Crippen molar-refractivity contribution in [3.05, 3.63) is 28.2 Å². The van der Waals surface area contributed by atoms with Crippen LogP contribution in [-0.4, -0.2) is 58.4 Å². The van der Waals surface area contributed by atoms with Gasteiger partial charge in [0.25, 0.3) is 5.91 Å². The third-order valence-electron chi connectivity index (χ3n) is 5.18. The lowest BCUT2D eigenvalue weighted by atomic mass is 9.94. The van der Waals surface area contributed by atoms with Gasteiger partial charge in [0, 0.05) is 6.92 Å². The summed E-state index contributed by atoms with van der Waals surface area (Å²) in [5, 5.41) is 10.7. The summed E-state index contributed by atoms with van der Waals surface area (Å²) in [5.41, 5.74) is 1.27. The molecule has 3 heterocycles. The minimum absolute atomic E-state index is 0.193. The molecule has 2 unspecified atom stereocenters. The van der Waals surface area contributed by atoms with E-state index in [4.69, 9.17) is 38.0 Å². The third kappa shape index (κ3) is 3.89. The number of aryl methyl sites for hydroxylation is 1. The second-order valence-corrected chi connectivity index (χ2v) is 9.12. The molecule has 1 aliphatic heterocycles. The summed E-state index contributed by atoms with van der Waals surface area (Å²) in [6.07, 6.45) is 0. The van der Waals surface area contributed by atoms with Crippen LogP contribution in [0.15, 0.2) is 12.1 Å². The second kappa shape index (κ2) is 9.24. The van der Waals surface area contributed by atoms with Crippen molar-refractivity contribution in [2.45, 2.75) is 25.3 Å². The molecule has 4 rings (SSSR count). The van der Waals surface area contributed by atoms with E-state index in [1.807, 2.05) is 0 Å². The van der Waals surface area contributed by atoms with Gasteiger partial charge in [-0.05, 0) is 36.8 Å². The van der Waals surface area contributed by atoms with Crippen molar-refractivity contribution in [1.82, 2.24) is 19.9 Å². The van der Waals surface area contributed by atoms with Gasteiger partial charge in [0.05, 0.1) is 31.9 Å². The molecule has 1 fully saturated rings. The molecule has 34 heavy (non-hydrogen) atoms. The van der Waals surface area contributed by atoms with Gasteiger partial charge in [0.1, 0.15) is 11.4 Å². The minimum atomic E-state index is -0.857. The molecule has 3 aromatic rings. The van der Waals surface area contributed by atoms with Gasteiger partial charge in [0.15, 0.2) is 22.5 Å². The van der Waals surface area contributed by atoms with Crippen LogP contribution in [0.1, 0.15) is 24.2 Å². The van der Waals surface area contributed by atoms with Crippen molar-refractivity contribution in [1.29, 1.82) is 0 Å². The maximum absolute atomic E-state index is 13.0. The number of nitrogens with one attached hydrogen (secondary N) is 2. The topological polar surface area (TPSA) is 124 Å². The fraction of sp³-hybridized carbons (Fsp3) is 0.350. The Morgan fingerprint density at radius 3 is 2.44 bits per heavy atom. The highest BCUT2D eigenvalue weighted by molar-refractivity contribution is 7.71. The van der Waals surface area contributed by atoms with Gasteiger partial charge in [-0.3, -0.25) is 9.59 Å². The van der Waals surface area contributed by atoms with Crippen LogP contribution >= 0.6 is 35.2 Å². The molecule has 2 N–H and O–H groups in total. The molecule has 0 bridgehead atoms. The monoisotopic (exact) mass is 524 g/mol. The summed E-state index contributed by atoms with van der Waals surface area (Å²) in [5.74, 6) is 1.03. The molecule has 1 aliphatic rings. The first-order valence-electron chi connectivity index (χ1n) is 9.91. The van der Waals surface area contributed by atoms with E-state index in [0.717, 1.165) is 0 Å². The van der Waals surface area contributed by atoms with E-state index >= 15 is 0 Å². The van der Waals surface area contributed by atoms with Gasteiger partial charge >= 0.3 is 0 Å². The third-order valence-corrected chi connectivity index (χ3v) is 6.94. The molecule has 2 aromatic heterocycles. The lowest BCUT2D eigenvalue weighted by molar-refractivity contribution is -0.126. The summed E-state index contributed by atoms with van der Waals surface area (Å²) in [7, 11) is 4.52. The number of rotatable bonds is 7. The van der Waals surface area contributed by atoms with Gasteiger partial charge in [-0.1, -0.05) is 11.3 Å². The molecular weight excluding hydrogens is 504 g/mol. The zero-order valence-corrected chi connectivity index (χ0v) is 21.2. The first-order chi connectivity index (χ1) is 16.2. The number of thiazole rings is 1. The Labute approximate surface area is 208 Å². The number of anilines is 1. The number of methoxy groups -OCH3 is 3. The van der Waals surface area contributed by atoms with Crippen molar-refractivity contribution >= 4 is 52.1 Å². The van der Waals surface area contributed by atoms with Crippen LogP contribution < -0.4 is 24.5 Å². The van der Waals surface area contributed by atoms with Crippen LogP contribution in [0.4, 0.5) is 5.13 Å². The van der Waals surface area contributed by atoms with E-state index < -0.39 is 11.4 Å². The van der Waals surface area contributed by atoms with Crippen LogP contribution in [0.25, 0.3) is 10.7 Å². The Kier molecular flexibility index (Phi) is 6.51. The van der Waals surface area contributed by atoms with Crippen molar-refractivity contribution in [3.63, 3.8) is 0 Å². The van der Waals surface area contributed by atoms with Crippen molar-refractivity contribution in [2.24, 2.45) is 0 Å². The first-order valence-corrected chi connectivity index (χ1v) is 11.6. The highest BCUT2D eigenvalue weighted by Crippen LogP contribution is 2.45. The van der Waals surface area contributed by atoms with Gasteiger partial charge < -0.3 is 19.5 Å². The van der Waals surface area contributed by atoms with E-state index in [1.54, 1.807) is 19.1 Å². The molecular formula is C20H21ClN6O5S2. The molecule has 2 amide bonds. The number of aromatic amines is 1. The van der Waals surface area contributed by atoms with Gasteiger partial charge in [0.2, 0.25) is 16.4 Å². The van der Waals surface area contributed by atoms with Gasteiger partial charge in [-0.15, -0.1) is 11.6 Å². The number of hydrogen-bond donors (Lipinski definition) is 2. The number of aromatic nitrogens is 4. The normalized spacial score (nSPS) is 17.4. The summed E-state index contributed by atoms with van der Waals surface area (Å²) in [6.45, 7) is 3.17. The molecule has 1 saturated heterocycles. The number of benzene rings is 1. The highest BCUT2D eigenvalue weighted by atomic mass is 35.5. The lowest BCUT2D eigenvalue weighted by Gasteiger charge is -2.44. The Bertz CT molecular complexity index is 1310.